The number of benzene rings is 1. The average Bonchev–Trinajstić information content (AvgIpc) is 2.68. The number of carbonyl (C=O) groups is 1. The van der Waals surface area contributed by atoms with Crippen molar-refractivity contribution in [3.63, 3.8) is 0 Å². The van der Waals surface area contributed by atoms with Crippen molar-refractivity contribution in [1.29, 1.82) is 0 Å². The Balaban J connectivity index is 1.51. The molecule has 1 aromatic carbocycles. The lowest BCUT2D eigenvalue weighted by molar-refractivity contribution is 0.0746. The van der Waals surface area contributed by atoms with Crippen LogP contribution >= 0.6 is 0 Å². The zero-order valence-corrected chi connectivity index (χ0v) is 13.6. The molecule has 1 saturated heterocycles. The summed E-state index contributed by atoms with van der Waals surface area (Å²) in [6.07, 6.45) is 3.23. The van der Waals surface area contributed by atoms with Gasteiger partial charge in [0.15, 0.2) is 0 Å². The van der Waals surface area contributed by atoms with Gasteiger partial charge in [-0.15, -0.1) is 0 Å². The van der Waals surface area contributed by atoms with Gasteiger partial charge in [-0.2, -0.15) is 0 Å². The van der Waals surface area contributed by atoms with E-state index in [1.165, 1.54) is 0 Å². The summed E-state index contributed by atoms with van der Waals surface area (Å²) in [5, 5.41) is 0.580. The van der Waals surface area contributed by atoms with Gasteiger partial charge in [0.1, 0.15) is 0 Å². The summed E-state index contributed by atoms with van der Waals surface area (Å²) < 4.78 is 0. The normalized spacial score (nSPS) is 14.7. The van der Waals surface area contributed by atoms with Crippen molar-refractivity contribution in [2.45, 2.75) is 0 Å². The highest BCUT2D eigenvalue weighted by Crippen LogP contribution is 2.15. The average molecular weight is 335 g/mol. The van der Waals surface area contributed by atoms with Crippen LogP contribution < -0.4 is 10.5 Å². The number of carbonyl (C=O) groups excluding carboxylic acids is 1. The fraction of sp³-hybridized carbons (Fsp3) is 0.222. The molecule has 1 N–H and O–H groups in total. The van der Waals surface area contributed by atoms with E-state index >= 15 is 0 Å². The van der Waals surface area contributed by atoms with Crippen LogP contribution in [0.5, 0.6) is 0 Å². The van der Waals surface area contributed by atoms with Crippen LogP contribution in [0.3, 0.4) is 0 Å². The first-order valence-electron chi connectivity index (χ1n) is 8.16. The molecular weight excluding hydrogens is 318 g/mol. The predicted molar refractivity (Wildman–Crippen MR) is 94.7 cm³/mol. The molecule has 1 aliphatic heterocycles. The maximum Gasteiger partial charge on any atom is 0.260 e. The summed E-state index contributed by atoms with van der Waals surface area (Å²) in [6.45, 7) is 2.38. The molecule has 0 spiro atoms. The van der Waals surface area contributed by atoms with E-state index in [4.69, 9.17) is 0 Å². The topological polar surface area (TPSA) is 82.2 Å². The van der Waals surface area contributed by atoms with Crippen LogP contribution in [0.1, 0.15) is 10.4 Å². The van der Waals surface area contributed by atoms with Gasteiger partial charge in [-0.05, 0) is 24.3 Å². The molecule has 25 heavy (non-hydrogen) atoms. The third-order valence-electron chi connectivity index (χ3n) is 4.38. The Morgan fingerprint density at radius 1 is 1.04 bits per heavy atom. The van der Waals surface area contributed by atoms with Crippen LogP contribution in [0.15, 0.2) is 53.6 Å². The first-order chi connectivity index (χ1) is 12.2. The lowest BCUT2D eigenvalue weighted by Crippen LogP contribution is -2.49. The molecule has 0 saturated carbocycles. The summed E-state index contributed by atoms with van der Waals surface area (Å²) >= 11 is 0. The van der Waals surface area contributed by atoms with Gasteiger partial charge in [-0.3, -0.25) is 19.6 Å². The molecule has 126 valence electrons. The van der Waals surface area contributed by atoms with Crippen LogP contribution in [0.25, 0.3) is 10.9 Å². The predicted octanol–water partition coefficient (Wildman–Crippen LogP) is 1.28. The van der Waals surface area contributed by atoms with Crippen molar-refractivity contribution in [3.05, 3.63) is 64.7 Å². The lowest BCUT2D eigenvalue weighted by atomic mass is 10.2. The zero-order valence-electron chi connectivity index (χ0n) is 13.6. The molecule has 1 aliphatic rings. The molecular formula is C18H17N5O2. The van der Waals surface area contributed by atoms with Gasteiger partial charge in [0, 0.05) is 38.6 Å². The lowest BCUT2D eigenvalue weighted by Gasteiger charge is -2.35. The molecule has 4 rings (SSSR count). The number of pyridine rings is 1. The maximum absolute atomic E-state index is 12.5. The molecule has 2 aromatic heterocycles. The second-order valence-corrected chi connectivity index (χ2v) is 5.93. The Hall–Kier alpha value is -3.22. The first kappa shape index (κ1) is 15.3. The molecule has 3 aromatic rings. The van der Waals surface area contributed by atoms with Crippen molar-refractivity contribution in [2.75, 3.05) is 31.1 Å². The number of rotatable bonds is 2. The van der Waals surface area contributed by atoms with E-state index < -0.39 is 0 Å². The van der Waals surface area contributed by atoms with Crippen molar-refractivity contribution in [1.82, 2.24) is 19.9 Å². The molecule has 7 heteroatoms. The quantitative estimate of drug-likeness (QED) is 0.763. The van der Waals surface area contributed by atoms with E-state index in [1.54, 1.807) is 35.5 Å². The smallest absolute Gasteiger partial charge is 0.260 e. The van der Waals surface area contributed by atoms with E-state index in [0.29, 0.717) is 48.6 Å². The van der Waals surface area contributed by atoms with Gasteiger partial charge in [-0.25, -0.2) is 4.98 Å². The van der Waals surface area contributed by atoms with Crippen molar-refractivity contribution < 1.29 is 4.79 Å². The summed E-state index contributed by atoms with van der Waals surface area (Å²) in [4.78, 5) is 39.9. The number of fused-ring (bicyclic) bond motifs is 1. The Kier molecular flexibility index (Phi) is 3.89. The molecule has 0 atom stereocenters. The number of aromatic amines is 1. The number of nitrogens with one attached hydrogen (secondary N) is 1. The number of hydrogen-bond acceptors (Lipinski definition) is 5. The van der Waals surface area contributed by atoms with Crippen molar-refractivity contribution in [2.24, 2.45) is 0 Å². The third kappa shape index (κ3) is 2.96. The van der Waals surface area contributed by atoms with E-state index in [-0.39, 0.29) is 11.5 Å². The third-order valence-corrected chi connectivity index (χ3v) is 4.38. The molecule has 0 aliphatic carbocycles. The van der Waals surface area contributed by atoms with E-state index in [2.05, 4.69) is 15.0 Å². The number of para-hydroxylation sites is 1. The minimum absolute atomic E-state index is 0.0206. The van der Waals surface area contributed by atoms with Gasteiger partial charge in [-0.1, -0.05) is 12.1 Å². The molecule has 0 bridgehead atoms. The summed E-state index contributed by atoms with van der Waals surface area (Å²) in [5.74, 6) is 0.532. The largest absolute Gasteiger partial charge is 0.339 e. The van der Waals surface area contributed by atoms with Crippen molar-refractivity contribution in [3.8, 4) is 0 Å². The molecule has 7 nitrogen and oxygen atoms in total. The molecule has 1 amide bonds. The van der Waals surface area contributed by atoms with Gasteiger partial charge >= 0.3 is 0 Å². The fourth-order valence-electron chi connectivity index (χ4n) is 3.02. The number of H-pyrrole nitrogens is 1. The highest BCUT2D eigenvalue weighted by Gasteiger charge is 2.23. The Labute approximate surface area is 143 Å². The Bertz CT molecular complexity index is 962. The zero-order chi connectivity index (χ0) is 17.2. The van der Waals surface area contributed by atoms with Crippen LogP contribution in [-0.4, -0.2) is 51.9 Å². The van der Waals surface area contributed by atoms with E-state index in [0.717, 1.165) is 0 Å². The summed E-state index contributed by atoms with van der Waals surface area (Å²) in [5.41, 5.74) is 1.12. The second-order valence-electron chi connectivity index (χ2n) is 5.93. The van der Waals surface area contributed by atoms with Crippen LogP contribution in [0.4, 0.5) is 5.95 Å². The first-order valence-corrected chi connectivity index (χ1v) is 8.16. The van der Waals surface area contributed by atoms with Crippen LogP contribution in [0, 0.1) is 0 Å². The number of nitrogens with zero attached hydrogens (tertiary/aromatic N) is 4. The number of amides is 1. The second kappa shape index (κ2) is 6.35. The standard InChI is InChI=1S/C18H17N5O2/c24-16-14-5-1-2-6-15(14)20-18(21-16)23-10-8-22(9-11-23)17(25)13-4-3-7-19-12-13/h1-7,12H,8-11H2,(H,20,21,24). The van der Waals surface area contributed by atoms with Crippen molar-refractivity contribution >= 4 is 22.8 Å². The van der Waals surface area contributed by atoms with Gasteiger partial charge in [0.25, 0.3) is 11.5 Å². The molecule has 3 heterocycles. The molecule has 0 radical (unpaired) electrons. The SMILES string of the molecule is O=C(c1cccnc1)N1CCN(c2nc3ccccc3c(=O)[nH]2)CC1. The highest BCUT2D eigenvalue weighted by molar-refractivity contribution is 5.94. The Morgan fingerprint density at radius 2 is 1.84 bits per heavy atom. The van der Waals surface area contributed by atoms with E-state index in [9.17, 15) is 9.59 Å². The van der Waals surface area contributed by atoms with Gasteiger partial charge in [0.2, 0.25) is 5.95 Å². The van der Waals surface area contributed by atoms with Gasteiger partial charge in [0.05, 0.1) is 16.5 Å². The number of anilines is 1. The minimum atomic E-state index is -0.144. The molecule has 1 fully saturated rings. The van der Waals surface area contributed by atoms with Crippen LogP contribution in [0.2, 0.25) is 0 Å². The number of piperazine rings is 1. The van der Waals surface area contributed by atoms with Crippen LogP contribution in [-0.2, 0) is 0 Å². The molecule has 0 unspecified atom stereocenters. The number of hydrogen-bond donors (Lipinski definition) is 1. The summed E-state index contributed by atoms with van der Waals surface area (Å²) in [7, 11) is 0. The monoisotopic (exact) mass is 335 g/mol. The fourth-order valence-corrected chi connectivity index (χ4v) is 3.02. The number of aromatic nitrogens is 3. The van der Waals surface area contributed by atoms with E-state index in [1.807, 2.05) is 23.1 Å². The van der Waals surface area contributed by atoms with Gasteiger partial charge < -0.3 is 9.80 Å². The Morgan fingerprint density at radius 3 is 2.60 bits per heavy atom. The minimum Gasteiger partial charge on any atom is -0.339 e. The summed E-state index contributed by atoms with van der Waals surface area (Å²) in [6, 6.07) is 10.8. The maximum atomic E-state index is 12.5. The highest BCUT2D eigenvalue weighted by atomic mass is 16.2.